The number of aldehydes is 1. The lowest BCUT2D eigenvalue weighted by Gasteiger charge is -2.48. The minimum absolute atomic E-state index is 0.137. The van der Waals surface area contributed by atoms with Gasteiger partial charge in [-0.25, -0.2) is 0 Å². The number of nitrogens with zero attached hydrogens (tertiary/aromatic N) is 2. The third-order valence-electron chi connectivity index (χ3n) is 4.41. The summed E-state index contributed by atoms with van der Waals surface area (Å²) in [4.78, 5) is 11.1. The van der Waals surface area contributed by atoms with Crippen LogP contribution in [0.15, 0.2) is 30.3 Å². The van der Waals surface area contributed by atoms with Crippen molar-refractivity contribution in [2.24, 2.45) is 0 Å². The Kier molecular flexibility index (Phi) is 3.68. The molecule has 2 heterocycles. The lowest BCUT2D eigenvalue weighted by atomic mass is 9.77. The third-order valence-corrected chi connectivity index (χ3v) is 4.41. The van der Waals surface area contributed by atoms with Crippen LogP contribution in [0.4, 0.5) is 0 Å². The molecule has 2 aromatic rings. The molecule has 0 spiro atoms. The smallest absolute Gasteiger partial charge is 0.234 e. The predicted octanol–water partition coefficient (Wildman–Crippen LogP) is 2.04. The normalized spacial score (nSPS) is 24.6. The van der Waals surface area contributed by atoms with E-state index in [2.05, 4.69) is 10.2 Å². The fourth-order valence-electron chi connectivity index (χ4n) is 2.61. The van der Waals surface area contributed by atoms with Crippen molar-refractivity contribution in [3.8, 4) is 17.5 Å². The van der Waals surface area contributed by atoms with Crippen molar-refractivity contribution in [3.05, 3.63) is 41.5 Å². The average molecular weight is 330 g/mol. The first kappa shape index (κ1) is 16.2. The zero-order valence-corrected chi connectivity index (χ0v) is 13.6. The summed E-state index contributed by atoms with van der Waals surface area (Å²) in [6.45, 7) is 5.10. The molecule has 7 heteroatoms. The van der Waals surface area contributed by atoms with E-state index in [9.17, 15) is 15.0 Å². The summed E-state index contributed by atoms with van der Waals surface area (Å²) in [5.41, 5.74) is -1.38. The Hall–Kier alpha value is -2.67. The Balaban J connectivity index is 2.09. The Morgan fingerprint density at radius 1 is 1.21 bits per heavy atom. The predicted molar refractivity (Wildman–Crippen MR) is 84.2 cm³/mol. The molecule has 1 aromatic carbocycles. The molecule has 3 rings (SSSR count). The molecule has 1 aliphatic rings. The zero-order chi connectivity index (χ0) is 17.5. The molecule has 1 aromatic heterocycles. The van der Waals surface area contributed by atoms with Crippen molar-refractivity contribution >= 4 is 6.29 Å². The number of benzene rings is 1. The van der Waals surface area contributed by atoms with Crippen LogP contribution in [0.3, 0.4) is 0 Å². The molecule has 2 unspecified atom stereocenters. The maximum Gasteiger partial charge on any atom is 0.234 e. The van der Waals surface area contributed by atoms with E-state index in [0.717, 1.165) is 0 Å². The highest BCUT2D eigenvalue weighted by Crippen LogP contribution is 2.48. The summed E-state index contributed by atoms with van der Waals surface area (Å²) < 4.78 is 11.8. The summed E-state index contributed by atoms with van der Waals surface area (Å²) in [5.74, 6) is 0.428. The van der Waals surface area contributed by atoms with E-state index < -0.39 is 17.3 Å². The maximum atomic E-state index is 11.1. The van der Waals surface area contributed by atoms with Crippen molar-refractivity contribution in [2.75, 3.05) is 0 Å². The number of fused-ring (bicyclic) bond motifs is 1. The highest BCUT2D eigenvalue weighted by atomic mass is 16.6. The van der Waals surface area contributed by atoms with E-state index in [0.29, 0.717) is 23.2 Å². The molecular weight excluding hydrogens is 312 g/mol. The van der Waals surface area contributed by atoms with Gasteiger partial charge in [0.2, 0.25) is 11.8 Å². The van der Waals surface area contributed by atoms with Gasteiger partial charge in [0.05, 0.1) is 0 Å². The van der Waals surface area contributed by atoms with Crippen LogP contribution in [-0.2, 0) is 0 Å². The Morgan fingerprint density at radius 2 is 1.96 bits per heavy atom. The largest absolute Gasteiger partial charge is 0.492 e. The number of carbonyl (C=O) groups is 1. The Bertz CT molecular complexity index is 771. The number of hydrogen-bond acceptors (Lipinski definition) is 7. The van der Waals surface area contributed by atoms with Gasteiger partial charge in [-0.15, -0.1) is 10.2 Å². The summed E-state index contributed by atoms with van der Waals surface area (Å²) in [5, 5.41) is 27.6. The first-order chi connectivity index (χ1) is 11.2. The van der Waals surface area contributed by atoms with Crippen LogP contribution in [0, 0.1) is 0 Å². The van der Waals surface area contributed by atoms with Crippen LogP contribution in [0.1, 0.15) is 42.8 Å². The van der Waals surface area contributed by atoms with Gasteiger partial charge in [0.1, 0.15) is 23.2 Å². The molecule has 2 N–H and O–H groups in total. The van der Waals surface area contributed by atoms with Gasteiger partial charge in [-0.05, 0) is 39.0 Å². The second-order valence-electron chi connectivity index (χ2n) is 6.40. The van der Waals surface area contributed by atoms with E-state index in [1.54, 1.807) is 39.0 Å². The van der Waals surface area contributed by atoms with E-state index >= 15 is 0 Å². The number of hydrogen-bond donors (Lipinski definition) is 2. The molecule has 0 bridgehead atoms. The molecule has 0 fully saturated rings. The molecular formula is C17H18N2O5. The summed E-state index contributed by atoms with van der Waals surface area (Å²) in [6, 6.07) is 7.72. The maximum absolute atomic E-state index is 11.1. The molecule has 24 heavy (non-hydrogen) atoms. The minimum Gasteiger partial charge on any atom is -0.492 e. The monoisotopic (exact) mass is 330 g/mol. The van der Waals surface area contributed by atoms with E-state index in [1.807, 2.05) is 0 Å². The number of aliphatic hydroxyl groups is 1. The van der Waals surface area contributed by atoms with Gasteiger partial charge in [0.25, 0.3) is 0 Å². The van der Waals surface area contributed by atoms with Gasteiger partial charge in [-0.3, -0.25) is 4.79 Å². The van der Waals surface area contributed by atoms with Gasteiger partial charge in [0.15, 0.2) is 6.10 Å². The van der Waals surface area contributed by atoms with Gasteiger partial charge in [0, 0.05) is 23.3 Å². The van der Waals surface area contributed by atoms with Crippen LogP contribution in [0.2, 0.25) is 0 Å². The quantitative estimate of drug-likeness (QED) is 0.830. The molecule has 0 amide bonds. The van der Waals surface area contributed by atoms with E-state index in [-0.39, 0.29) is 11.8 Å². The fraction of sp³-hybridized carbons (Fsp3) is 0.353. The van der Waals surface area contributed by atoms with Crippen molar-refractivity contribution in [1.82, 2.24) is 10.2 Å². The minimum atomic E-state index is -1.42. The van der Waals surface area contributed by atoms with Crippen molar-refractivity contribution < 1.29 is 24.5 Å². The van der Waals surface area contributed by atoms with E-state index in [4.69, 9.17) is 9.47 Å². The molecule has 0 radical (unpaired) electrons. The molecule has 126 valence electrons. The summed E-state index contributed by atoms with van der Waals surface area (Å²) in [6.07, 6.45) is -0.124. The highest BCUT2D eigenvalue weighted by molar-refractivity contribution is 5.76. The first-order valence-corrected chi connectivity index (χ1v) is 7.44. The topological polar surface area (TPSA) is 102 Å². The number of aromatic hydroxyl groups is 1. The summed E-state index contributed by atoms with van der Waals surface area (Å²) >= 11 is 0. The van der Waals surface area contributed by atoms with Gasteiger partial charge in [-0.2, -0.15) is 0 Å². The van der Waals surface area contributed by atoms with Crippen LogP contribution < -0.4 is 9.47 Å². The van der Waals surface area contributed by atoms with Crippen molar-refractivity contribution in [3.63, 3.8) is 0 Å². The first-order valence-electron chi connectivity index (χ1n) is 7.44. The van der Waals surface area contributed by atoms with Crippen LogP contribution in [0.5, 0.6) is 17.5 Å². The van der Waals surface area contributed by atoms with Crippen LogP contribution in [-0.4, -0.2) is 37.9 Å². The molecule has 2 atom stereocenters. The third kappa shape index (κ3) is 2.56. The SMILES string of the molecule is CC1(C)Oc2ccc(C=O)cc2C(Oc2ccc(O)nn2)C1(C)O. The number of aromatic nitrogens is 2. The van der Waals surface area contributed by atoms with Crippen LogP contribution in [0.25, 0.3) is 0 Å². The molecule has 0 saturated carbocycles. The number of carbonyl (C=O) groups excluding carboxylic acids is 1. The van der Waals surface area contributed by atoms with Gasteiger partial charge in [-0.1, -0.05) is 0 Å². The second kappa shape index (κ2) is 5.45. The lowest BCUT2D eigenvalue weighted by Crippen LogP contribution is -2.59. The summed E-state index contributed by atoms with van der Waals surface area (Å²) in [7, 11) is 0. The Labute approximate surface area is 138 Å². The fourth-order valence-corrected chi connectivity index (χ4v) is 2.61. The standard InChI is InChI=1S/C17H18N2O5/c1-16(2)17(3,22)15(23-14-7-6-13(21)18-19-14)11-8-10(9-20)4-5-12(11)24-16/h4-9,15,22H,1-3H3,(H,18,21). The highest BCUT2D eigenvalue weighted by Gasteiger charge is 2.54. The second-order valence-corrected chi connectivity index (χ2v) is 6.40. The average Bonchev–Trinajstić information content (AvgIpc) is 2.53. The molecule has 0 aliphatic carbocycles. The van der Waals surface area contributed by atoms with Crippen molar-refractivity contribution in [1.29, 1.82) is 0 Å². The van der Waals surface area contributed by atoms with Crippen LogP contribution >= 0.6 is 0 Å². The van der Waals surface area contributed by atoms with Gasteiger partial charge < -0.3 is 19.7 Å². The van der Waals surface area contributed by atoms with Gasteiger partial charge >= 0.3 is 0 Å². The Morgan fingerprint density at radius 3 is 2.58 bits per heavy atom. The molecule has 0 saturated heterocycles. The number of ether oxygens (including phenoxy) is 2. The molecule has 7 nitrogen and oxygen atoms in total. The molecule has 1 aliphatic heterocycles. The van der Waals surface area contributed by atoms with Crippen molar-refractivity contribution in [2.45, 2.75) is 38.1 Å². The zero-order valence-electron chi connectivity index (χ0n) is 13.6. The lowest BCUT2D eigenvalue weighted by molar-refractivity contribution is -0.175. The number of rotatable bonds is 3. The van der Waals surface area contributed by atoms with E-state index in [1.165, 1.54) is 12.1 Å².